The minimum Gasteiger partial charge on any atom is -0.369 e. The summed E-state index contributed by atoms with van der Waals surface area (Å²) in [6, 6.07) is 8.29. The number of nitrogens with two attached hydrogens (primary N) is 1. The van der Waals surface area contributed by atoms with Crippen LogP contribution in [0.15, 0.2) is 24.3 Å². The van der Waals surface area contributed by atoms with E-state index in [1.807, 2.05) is 6.07 Å². The number of nitrogens with zero attached hydrogens (tertiary/aromatic N) is 2. The lowest BCUT2D eigenvalue weighted by molar-refractivity contribution is 0.385. The van der Waals surface area contributed by atoms with Gasteiger partial charge in [-0.25, -0.2) is 8.42 Å². The third kappa shape index (κ3) is 3.46. The van der Waals surface area contributed by atoms with Crippen molar-refractivity contribution in [1.82, 2.24) is 4.31 Å². The molecule has 1 aliphatic heterocycles. The molecule has 19 heavy (non-hydrogen) atoms. The van der Waals surface area contributed by atoms with Gasteiger partial charge < -0.3 is 10.6 Å². The van der Waals surface area contributed by atoms with E-state index in [2.05, 4.69) is 30.0 Å². The second-order valence-electron chi connectivity index (χ2n) is 4.83. The first-order valence-electron chi connectivity index (χ1n) is 6.52. The van der Waals surface area contributed by atoms with Crippen LogP contribution in [0.2, 0.25) is 0 Å². The van der Waals surface area contributed by atoms with E-state index in [4.69, 9.17) is 5.73 Å². The Kier molecular flexibility index (Phi) is 4.44. The zero-order chi connectivity index (χ0) is 13.9. The molecule has 1 fully saturated rings. The highest BCUT2D eigenvalue weighted by Gasteiger charge is 2.26. The molecule has 0 amide bonds. The molecule has 0 radical (unpaired) electrons. The molecule has 0 atom stereocenters. The van der Waals surface area contributed by atoms with Gasteiger partial charge in [0.1, 0.15) is 0 Å². The molecule has 1 aliphatic rings. The summed E-state index contributed by atoms with van der Waals surface area (Å²) in [5, 5.41) is 0. The molecule has 1 aromatic carbocycles. The first-order chi connectivity index (χ1) is 9.03. The van der Waals surface area contributed by atoms with Crippen LogP contribution in [0.1, 0.15) is 5.56 Å². The predicted molar refractivity (Wildman–Crippen MR) is 77.8 cm³/mol. The lowest BCUT2D eigenvalue weighted by atomic mass is 10.2. The van der Waals surface area contributed by atoms with E-state index in [9.17, 15) is 8.42 Å². The van der Waals surface area contributed by atoms with E-state index in [0.29, 0.717) is 13.1 Å². The van der Waals surface area contributed by atoms with Gasteiger partial charge in [0.2, 0.25) is 10.0 Å². The standard InChI is InChI=1S/C13H21N3O2S/c1-12-3-2-4-13(11-12)15-6-8-16(9-7-15)19(17,18)10-5-14/h2-4,11H,5-10,14H2,1H3. The summed E-state index contributed by atoms with van der Waals surface area (Å²) < 4.78 is 25.4. The van der Waals surface area contributed by atoms with E-state index in [1.54, 1.807) is 4.31 Å². The Labute approximate surface area is 115 Å². The van der Waals surface area contributed by atoms with Crippen molar-refractivity contribution in [2.24, 2.45) is 5.73 Å². The maximum Gasteiger partial charge on any atom is 0.215 e. The Hall–Kier alpha value is -1.11. The minimum absolute atomic E-state index is 0.0391. The lowest BCUT2D eigenvalue weighted by Crippen LogP contribution is -2.49. The van der Waals surface area contributed by atoms with Crippen LogP contribution >= 0.6 is 0 Å². The molecule has 1 saturated heterocycles. The molecule has 0 unspecified atom stereocenters. The molecule has 0 spiro atoms. The summed E-state index contributed by atoms with van der Waals surface area (Å²) in [6.07, 6.45) is 0. The van der Waals surface area contributed by atoms with Gasteiger partial charge in [-0.05, 0) is 24.6 Å². The fraction of sp³-hybridized carbons (Fsp3) is 0.538. The Morgan fingerprint density at radius 1 is 1.21 bits per heavy atom. The summed E-state index contributed by atoms with van der Waals surface area (Å²) in [6.45, 7) is 4.78. The van der Waals surface area contributed by atoms with Gasteiger partial charge in [0.15, 0.2) is 0 Å². The number of hydrogen-bond donors (Lipinski definition) is 1. The number of anilines is 1. The molecule has 1 heterocycles. The molecule has 2 N–H and O–H groups in total. The fourth-order valence-electron chi connectivity index (χ4n) is 2.33. The van der Waals surface area contributed by atoms with Crippen molar-refractivity contribution >= 4 is 15.7 Å². The number of rotatable bonds is 4. The first kappa shape index (κ1) is 14.3. The molecule has 5 nitrogen and oxygen atoms in total. The number of hydrogen-bond acceptors (Lipinski definition) is 4. The van der Waals surface area contributed by atoms with Gasteiger partial charge >= 0.3 is 0 Å². The second-order valence-corrected chi connectivity index (χ2v) is 6.92. The van der Waals surface area contributed by atoms with Crippen LogP contribution in [0, 0.1) is 6.92 Å². The Balaban J connectivity index is 2.00. The lowest BCUT2D eigenvalue weighted by Gasteiger charge is -2.35. The van der Waals surface area contributed by atoms with Crippen molar-refractivity contribution in [3.05, 3.63) is 29.8 Å². The van der Waals surface area contributed by atoms with E-state index in [0.717, 1.165) is 18.8 Å². The Morgan fingerprint density at radius 2 is 1.89 bits per heavy atom. The molecule has 0 aromatic heterocycles. The smallest absolute Gasteiger partial charge is 0.215 e. The molecule has 2 rings (SSSR count). The van der Waals surface area contributed by atoms with E-state index < -0.39 is 10.0 Å². The second kappa shape index (κ2) is 5.90. The predicted octanol–water partition coefficient (Wildman–Crippen LogP) is 0.406. The van der Waals surface area contributed by atoms with Gasteiger partial charge in [-0.2, -0.15) is 4.31 Å². The fourth-order valence-corrected chi connectivity index (χ4v) is 3.60. The van der Waals surface area contributed by atoms with Gasteiger partial charge in [0, 0.05) is 38.4 Å². The van der Waals surface area contributed by atoms with Crippen LogP contribution in [0.4, 0.5) is 5.69 Å². The van der Waals surface area contributed by atoms with Crippen molar-refractivity contribution in [3.63, 3.8) is 0 Å². The molecule has 0 bridgehead atoms. The van der Waals surface area contributed by atoms with Crippen LogP contribution < -0.4 is 10.6 Å². The third-order valence-corrected chi connectivity index (χ3v) is 5.28. The summed E-state index contributed by atoms with van der Waals surface area (Å²) in [5.41, 5.74) is 7.72. The van der Waals surface area contributed by atoms with E-state index >= 15 is 0 Å². The highest BCUT2D eigenvalue weighted by molar-refractivity contribution is 7.89. The summed E-state index contributed by atoms with van der Waals surface area (Å²) in [7, 11) is -3.17. The molecule has 6 heteroatoms. The Bertz CT molecular complexity index is 522. The van der Waals surface area contributed by atoms with Gasteiger partial charge in [-0.3, -0.25) is 0 Å². The highest BCUT2D eigenvalue weighted by Crippen LogP contribution is 2.18. The van der Waals surface area contributed by atoms with Gasteiger partial charge in [0.25, 0.3) is 0 Å². The van der Waals surface area contributed by atoms with Gasteiger partial charge in [0.05, 0.1) is 5.75 Å². The van der Waals surface area contributed by atoms with Crippen molar-refractivity contribution in [2.75, 3.05) is 43.4 Å². The van der Waals surface area contributed by atoms with Crippen molar-refractivity contribution in [2.45, 2.75) is 6.92 Å². The quantitative estimate of drug-likeness (QED) is 0.869. The van der Waals surface area contributed by atoms with Crippen LogP contribution in [0.3, 0.4) is 0 Å². The number of sulfonamides is 1. The average molecular weight is 283 g/mol. The minimum atomic E-state index is -3.17. The zero-order valence-corrected chi connectivity index (χ0v) is 12.1. The molecule has 0 aliphatic carbocycles. The number of benzene rings is 1. The largest absolute Gasteiger partial charge is 0.369 e. The van der Waals surface area contributed by atoms with Crippen LogP contribution in [0.25, 0.3) is 0 Å². The molecule has 1 aromatic rings. The monoisotopic (exact) mass is 283 g/mol. The SMILES string of the molecule is Cc1cccc(N2CCN(S(=O)(=O)CCN)CC2)c1. The summed E-state index contributed by atoms with van der Waals surface area (Å²) >= 11 is 0. The van der Waals surface area contributed by atoms with E-state index in [-0.39, 0.29) is 12.3 Å². The molecular weight excluding hydrogens is 262 g/mol. The van der Waals surface area contributed by atoms with E-state index in [1.165, 1.54) is 5.56 Å². The topological polar surface area (TPSA) is 66.6 Å². The molecule has 106 valence electrons. The first-order valence-corrected chi connectivity index (χ1v) is 8.13. The van der Waals surface area contributed by atoms with Gasteiger partial charge in [-0.1, -0.05) is 12.1 Å². The third-order valence-electron chi connectivity index (χ3n) is 3.37. The van der Waals surface area contributed by atoms with Gasteiger partial charge in [-0.15, -0.1) is 0 Å². The molecular formula is C13H21N3O2S. The normalized spacial score (nSPS) is 17.7. The van der Waals surface area contributed by atoms with Crippen molar-refractivity contribution in [3.8, 4) is 0 Å². The summed E-state index contributed by atoms with van der Waals surface area (Å²) in [4.78, 5) is 2.22. The maximum atomic E-state index is 11.9. The average Bonchev–Trinajstić information content (AvgIpc) is 2.39. The molecule has 0 saturated carbocycles. The highest BCUT2D eigenvalue weighted by atomic mass is 32.2. The number of aryl methyl sites for hydroxylation is 1. The number of piperazine rings is 1. The van der Waals surface area contributed by atoms with Crippen molar-refractivity contribution < 1.29 is 8.42 Å². The Morgan fingerprint density at radius 3 is 2.47 bits per heavy atom. The maximum absolute atomic E-state index is 11.9. The van der Waals surface area contributed by atoms with Crippen molar-refractivity contribution in [1.29, 1.82) is 0 Å². The summed E-state index contributed by atoms with van der Waals surface area (Å²) in [5.74, 6) is 0.0391. The van der Waals surface area contributed by atoms with Crippen LogP contribution in [-0.4, -0.2) is 51.2 Å². The van der Waals surface area contributed by atoms with Crippen LogP contribution in [-0.2, 0) is 10.0 Å². The van der Waals surface area contributed by atoms with Crippen LogP contribution in [0.5, 0.6) is 0 Å². The zero-order valence-electron chi connectivity index (χ0n) is 11.2.